The highest BCUT2D eigenvalue weighted by Crippen LogP contribution is 2.22. The lowest BCUT2D eigenvalue weighted by atomic mass is 10.1. The van der Waals surface area contributed by atoms with Gasteiger partial charge in [-0.3, -0.25) is 4.79 Å². The number of nitrogens with zero attached hydrogens (tertiary/aromatic N) is 1. The Morgan fingerprint density at radius 3 is 1.94 bits per heavy atom. The van der Waals surface area contributed by atoms with Gasteiger partial charge < -0.3 is 14.7 Å². The quantitative estimate of drug-likeness (QED) is 0.187. The molecule has 2 aromatic carbocycles. The van der Waals surface area contributed by atoms with Crippen molar-refractivity contribution in [2.24, 2.45) is 0 Å². The summed E-state index contributed by atoms with van der Waals surface area (Å²) < 4.78 is 5.95. The lowest BCUT2D eigenvalue weighted by molar-refractivity contribution is -0.118. The number of carbonyl (C=O) groups excluding carboxylic acids is 1. The summed E-state index contributed by atoms with van der Waals surface area (Å²) in [4.78, 5) is 14.6. The summed E-state index contributed by atoms with van der Waals surface area (Å²) >= 11 is 0. The lowest BCUT2D eigenvalue weighted by Gasteiger charge is -2.23. The van der Waals surface area contributed by atoms with Crippen LogP contribution in [0.5, 0.6) is 5.75 Å². The Morgan fingerprint density at radius 2 is 1.36 bits per heavy atom. The van der Waals surface area contributed by atoms with Gasteiger partial charge in [0.05, 0.1) is 19.8 Å². The van der Waals surface area contributed by atoms with Gasteiger partial charge in [0.1, 0.15) is 5.75 Å². The standard InChI is InChI=1S/C32H49NO3/c1-3-5-6-7-8-9-10-11-12-13-14-15-24-36-31-22-20-28(21-23-31)26-33(32(35)17-4-2)30-19-16-18-29(25-30)27-34/h16,18-23,25,34H,3-15,17,24,26-27H2,1-2H3. The summed E-state index contributed by atoms with van der Waals surface area (Å²) in [5.41, 5.74) is 2.70. The highest BCUT2D eigenvalue weighted by Gasteiger charge is 2.16. The summed E-state index contributed by atoms with van der Waals surface area (Å²) in [6, 6.07) is 15.7. The molecule has 2 aromatic rings. The number of unbranched alkanes of at least 4 members (excludes halogenated alkanes) is 11. The van der Waals surface area contributed by atoms with Crippen molar-refractivity contribution in [3.05, 3.63) is 59.7 Å². The number of benzene rings is 2. The number of aliphatic hydroxyl groups excluding tert-OH is 1. The highest BCUT2D eigenvalue weighted by molar-refractivity contribution is 5.93. The van der Waals surface area contributed by atoms with E-state index in [2.05, 4.69) is 6.92 Å². The van der Waals surface area contributed by atoms with Crippen LogP contribution < -0.4 is 9.64 Å². The van der Waals surface area contributed by atoms with Gasteiger partial charge in [-0.05, 0) is 48.2 Å². The van der Waals surface area contributed by atoms with Crippen LogP contribution in [0.4, 0.5) is 5.69 Å². The topological polar surface area (TPSA) is 49.8 Å². The van der Waals surface area contributed by atoms with Crippen molar-refractivity contribution in [3.8, 4) is 5.75 Å². The van der Waals surface area contributed by atoms with Crippen LogP contribution in [0.3, 0.4) is 0 Å². The minimum Gasteiger partial charge on any atom is -0.494 e. The lowest BCUT2D eigenvalue weighted by Crippen LogP contribution is -2.30. The molecule has 0 aliphatic heterocycles. The van der Waals surface area contributed by atoms with Gasteiger partial charge in [-0.15, -0.1) is 0 Å². The molecule has 0 saturated carbocycles. The average molecular weight is 496 g/mol. The number of rotatable bonds is 20. The summed E-state index contributed by atoms with van der Waals surface area (Å²) in [6.07, 6.45) is 17.4. The zero-order valence-electron chi connectivity index (χ0n) is 22.9. The van der Waals surface area contributed by atoms with Crippen molar-refractivity contribution in [2.75, 3.05) is 11.5 Å². The van der Waals surface area contributed by atoms with E-state index in [1.807, 2.05) is 60.4 Å². The maximum Gasteiger partial charge on any atom is 0.227 e. The van der Waals surface area contributed by atoms with E-state index < -0.39 is 0 Å². The van der Waals surface area contributed by atoms with Crippen molar-refractivity contribution < 1.29 is 14.6 Å². The Hall–Kier alpha value is -2.33. The second-order valence-electron chi connectivity index (χ2n) is 9.94. The SMILES string of the molecule is CCCCCCCCCCCCCCOc1ccc(CN(C(=O)CCC)c2cccc(CO)c2)cc1. The molecule has 4 nitrogen and oxygen atoms in total. The molecule has 0 aromatic heterocycles. The van der Waals surface area contributed by atoms with Crippen LogP contribution >= 0.6 is 0 Å². The van der Waals surface area contributed by atoms with E-state index in [4.69, 9.17) is 4.74 Å². The van der Waals surface area contributed by atoms with Crippen LogP contribution in [0.1, 0.15) is 115 Å². The Kier molecular flexibility index (Phi) is 15.7. The van der Waals surface area contributed by atoms with Crippen LogP contribution in [0, 0.1) is 0 Å². The second-order valence-corrected chi connectivity index (χ2v) is 9.94. The van der Waals surface area contributed by atoms with E-state index >= 15 is 0 Å². The third-order valence-electron chi connectivity index (χ3n) is 6.70. The predicted molar refractivity (Wildman–Crippen MR) is 151 cm³/mol. The molecule has 0 radical (unpaired) electrons. The van der Waals surface area contributed by atoms with E-state index in [1.165, 1.54) is 70.6 Å². The van der Waals surface area contributed by atoms with Crippen molar-refractivity contribution in [1.29, 1.82) is 0 Å². The van der Waals surface area contributed by atoms with Gasteiger partial charge in [-0.2, -0.15) is 0 Å². The normalized spacial score (nSPS) is 11.0. The van der Waals surface area contributed by atoms with Crippen LogP contribution in [-0.4, -0.2) is 17.6 Å². The van der Waals surface area contributed by atoms with Gasteiger partial charge in [0.2, 0.25) is 5.91 Å². The zero-order chi connectivity index (χ0) is 25.8. The minimum atomic E-state index is -0.0329. The summed E-state index contributed by atoms with van der Waals surface area (Å²) in [5.74, 6) is 0.982. The molecule has 0 fully saturated rings. The van der Waals surface area contributed by atoms with E-state index in [-0.39, 0.29) is 12.5 Å². The van der Waals surface area contributed by atoms with Gasteiger partial charge in [0.25, 0.3) is 0 Å². The molecule has 0 atom stereocenters. The predicted octanol–water partition coefficient (Wildman–Crippen LogP) is 8.59. The van der Waals surface area contributed by atoms with Crippen LogP contribution in [-0.2, 0) is 17.9 Å². The van der Waals surface area contributed by atoms with Crippen LogP contribution in [0.15, 0.2) is 48.5 Å². The molecule has 0 aliphatic carbocycles. The van der Waals surface area contributed by atoms with Gasteiger partial charge in [-0.1, -0.05) is 109 Å². The van der Waals surface area contributed by atoms with Crippen molar-refractivity contribution in [2.45, 2.75) is 117 Å². The van der Waals surface area contributed by atoms with E-state index in [9.17, 15) is 9.90 Å². The maximum absolute atomic E-state index is 12.8. The first-order valence-corrected chi connectivity index (χ1v) is 14.4. The van der Waals surface area contributed by atoms with Crippen LogP contribution in [0.25, 0.3) is 0 Å². The smallest absolute Gasteiger partial charge is 0.227 e. The number of carbonyl (C=O) groups is 1. The first kappa shape index (κ1) is 29.9. The molecular weight excluding hydrogens is 446 g/mol. The molecule has 200 valence electrons. The van der Waals surface area contributed by atoms with Gasteiger partial charge in [0.15, 0.2) is 0 Å². The first-order valence-electron chi connectivity index (χ1n) is 14.4. The van der Waals surface area contributed by atoms with Crippen molar-refractivity contribution in [1.82, 2.24) is 0 Å². The summed E-state index contributed by atoms with van der Waals surface area (Å²) in [5, 5.41) is 9.48. The van der Waals surface area contributed by atoms with Crippen molar-refractivity contribution in [3.63, 3.8) is 0 Å². The molecule has 36 heavy (non-hydrogen) atoms. The van der Waals surface area contributed by atoms with E-state index in [1.54, 1.807) is 0 Å². The van der Waals surface area contributed by atoms with E-state index in [0.29, 0.717) is 13.0 Å². The second kappa shape index (κ2) is 18.9. The number of amides is 1. The Bertz CT molecular complexity index is 834. The molecule has 0 saturated heterocycles. The number of aliphatic hydroxyl groups is 1. The molecule has 0 bridgehead atoms. The Morgan fingerprint density at radius 1 is 0.750 bits per heavy atom. The summed E-state index contributed by atoms with van der Waals surface area (Å²) in [6.45, 7) is 5.52. The summed E-state index contributed by atoms with van der Waals surface area (Å²) in [7, 11) is 0. The number of anilines is 1. The average Bonchev–Trinajstić information content (AvgIpc) is 2.90. The zero-order valence-corrected chi connectivity index (χ0v) is 22.9. The highest BCUT2D eigenvalue weighted by atomic mass is 16.5. The van der Waals surface area contributed by atoms with E-state index in [0.717, 1.165) is 42.0 Å². The van der Waals surface area contributed by atoms with Crippen molar-refractivity contribution >= 4 is 11.6 Å². The molecule has 2 rings (SSSR count). The Balaban J connectivity index is 1.67. The van der Waals surface area contributed by atoms with Crippen LogP contribution in [0.2, 0.25) is 0 Å². The third-order valence-corrected chi connectivity index (χ3v) is 6.70. The molecule has 1 amide bonds. The van der Waals surface area contributed by atoms with Gasteiger partial charge >= 0.3 is 0 Å². The number of hydrogen-bond donors (Lipinski definition) is 1. The third kappa shape index (κ3) is 12.1. The molecular formula is C32H49NO3. The molecule has 0 aliphatic rings. The maximum atomic E-state index is 12.8. The molecule has 1 N–H and O–H groups in total. The molecule has 0 unspecified atom stereocenters. The molecule has 4 heteroatoms. The number of hydrogen-bond acceptors (Lipinski definition) is 3. The fourth-order valence-corrected chi connectivity index (χ4v) is 4.50. The Labute approximate surface area is 220 Å². The minimum absolute atomic E-state index is 0.0329. The largest absolute Gasteiger partial charge is 0.494 e. The fraction of sp³-hybridized carbons (Fsp3) is 0.594. The van der Waals surface area contributed by atoms with Gasteiger partial charge in [-0.25, -0.2) is 0 Å². The fourth-order valence-electron chi connectivity index (χ4n) is 4.50. The number of ether oxygens (including phenoxy) is 1. The molecule has 0 spiro atoms. The van der Waals surface area contributed by atoms with Gasteiger partial charge in [0, 0.05) is 12.1 Å². The first-order chi connectivity index (χ1) is 17.7. The molecule has 0 heterocycles. The monoisotopic (exact) mass is 495 g/mol.